The quantitative estimate of drug-likeness (QED) is 0.454. The number of benzene rings is 1. The number of aromatic nitrogens is 4. The lowest BCUT2D eigenvalue weighted by atomic mass is 10.0. The summed E-state index contributed by atoms with van der Waals surface area (Å²) in [6.45, 7) is 11.7. The number of fused-ring (bicyclic) bond motifs is 2. The standard InChI is InChI=1S/C29H36N6O3/c1-16(2)9-17(3)32-28(38)24-11-29(6)12-25(29)35(24)26(37)15-34-23-8-7-20(21-13-30-19(5)31-14-21)10-22(23)27(33-34)18(4)36/h7-8,10,13-14,16-17,24-25H,9,11-12,15H2,1-6H3,(H,32,38)/t17-,24-,25?,29-/m0/s1. The molecular formula is C29H36N6O3. The lowest BCUT2D eigenvalue weighted by Crippen LogP contribution is -2.50. The van der Waals surface area contributed by atoms with Crippen LogP contribution in [0.4, 0.5) is 0 Å². The maximum atomic E-state index is 13.7. The van der Waals surface area contributed by atoms with Gasteiger partial charge in [-0.2, -0.15) is 5.10 Å². The second kappa shape index (κ2) is 9.60. The zero-order chi connectivity index (χ0) is 27.4. The molecule has 5 rings (SSSR count). The van der Waals surface area contributed by atoms with Gasteiger partial charge in [-0.1, -0.05) is 26.8 Å². The maximum Gasteiger partial charge on any atom is 0.245 e. The third kappa shape index (κ3) is 4.81. The zero-order valence-electron chi connectivity index (χ0n) is 23.0. The maximum absolute atomic E-state index is 13.7. The van der Waals surface area contributed by atoms with Crippen molar-refractivity contribution < 1.29 is 14.4 Å². The second-order valence-electron chi connectivity index (χ2n) is 11.7. The van der Waals surface area contributed by atoms with Crippen molar-refractivity contribution >= 4 is 28.5 Å². The first-order valence-electron chi connectivity index (χ1n) is 13.4. The fraction of sp³-hybridized carbons (Fsp3) is 0.517. The van der Waals surface area contributed by atoms with Gasteiger partial charge in [0.25, 0.3) is 0 Å². The molecule has 1 aliphatic carbocycles. The summed E-state index contributed by atoms with van der Waals surface area (Å²) in [7, 11) is 0. The number of hydrogen-bond donors (Lipinski definition) is 1. The topological polar surface area (TPSA) is 110 Å². The zero-order valence-corrected chi connectivity index (χ0v) is 23.0. The lowest BCUT2D eigenvalue weighted by molar-refractivity contribution is -0.140. The molecule has 9 nitrogen and oxygen atoms in total. The summed E-state index contributed by atoms with van der Waals surface area (Å²) in [5.41, 5.74) is 2.70. The highest BCUT2D eigenvalue weighted by atomic mass is 16.2. The summed E-state index contributed by atoms with van der Waals surface area (Å²) in [6, 6.07) is 5.32. The average Bonchev–Trinajstić information content (AvgIpc) is 3.21. The SMILES string of the molecule is CC(=O)c1nn(CC(=O)N2C3C[C@]3(C)C[C@H]2C(=O)N[C@@H](C)CC(C)C)c2ccc(-c3cnc(C)nc3)cc12. The Kier molecular flexibility index (Phi) is 6.57. The van der Waals surface area contributed by atoms with Crippen LogP contribution in [0.2, 0.25) is 0 Å². The number of ketones is 1. The summed E-state index contributed by atoms with van der Waals surface area (Å²) in [4.78, 5) is 49.7. The predicted molar refractivity (Wildman–Crippen MR) is 144 cm³/mol. The minimum atomic E-state index is -0.483. The van der Waals surface area contributed by atoms with Gasteiger partial charge in [0.2, 0.25) is 11.8 Å². The minimum absolute atomic E-state index is 0.0132. The Labute approximate surface area is 223 Å². The molecule has 1 N–H and O–H groups in total. The van der Waals surface area contributed by atoms with Gasteiger partial charge in [0.05, 0.1) is 5.52 Å². The Morgan fingerprint density at radius 1 is 1.11 bits per heavy atom. The van der Waals surface area contributed by atoms with Crippen LogP contribution >= 0.6 is 0 Å². The Hall–Kier alpha value is -3.62. The molecule has 2 fully saturated rings. The number of carbonyl (C=O) groups is 3. The molecule has 200 valence electrons. The van der Waals surface area contributed by atoms with Crippen LogP contribution in [-0.2, 0) is 16.1 Å². The molecule has 38 heavy (non-hydrogen) atoms. The molecule has 3 aromatic rings. The fourth-order valence-electron chi connectivity index (χ4n) is 5.96. The average molecular weight is 517 g/mol. The van der Waals surface area contributed by atoms with Gasteiger partial charge in [0, 0.05) is 42.4 Å². The van der Waals surface area contributed by atoms with Gasteiger partial charge in [-0.15, -0.1) is 0 Å². The monoisotopic (exact) mass is 516 g/mol. The molecule has 1 aliphatic heterocycles. The van der Waals surface area contributed by atoms with E-state index in [4.69, 9.17) is 0 Å². The number of aryl methyl sites for hydroxylation is 1. The van der Waals surface area contributed by atoms with E-state index < -0.39 is 6.04 Å². The largest absolute Gasteiger partial charge is 0.352 e. The van der Waals surface area contributed by atoms with Gasteiger partial charge in [-0.25, -0.2) is 9.97 Å². The summed E-state index contributed by atoms with van der Waals surface area (Å²) < 4.78 is 1.60. The van der Waals surface area contributed by atoms with Crippen molar-refractivity contribution in [3.63, 3.8) is 0 Å². The van der Waals surface area contributed by atoms with Crippen molar-refractivity contribution in [2.75, 3.05) is 0 Å². The van der Waals surface area contributed by atoms with Crippen LogP contribution in [0.5, 0.6) is 0 Å². The van der Waals surface area contributed by atoms with Crippen LogP contribution < -0.4 is 5.32 Å². The predicted octanol–water partition coefficient (Wildman–Crippen LogP) is 3.93. The molecule has 1 unspecified atom stereocenters. The lowest BCUT2D eigenvalue weighted by Gasteiger charge is -2.28. The van der Waals surface area contributed by atoms with Gasteiger partial charge >= 0.3 is 0 Å². The van der Waals surface area contributed by atoms with Crippen molar-refractivity contribution in [1.29, 1.82) is 0 Å². The van der Waals surface area contributed by atoms with Crippen molar-refractivity contribution in [3.05, 3.63) is 42.1 Å². The van der Waals surface area contributed by atoms with E-state index in [2.05, 4.69) is 41.2 Å². The minimum Gasteiger partial charge on any atom is -0.352 e. The van der Waals surface area contributed by atoms with Gasteiger partial charge in [0.1, 0.15) is 24.1 Å². The molecule has 3 heterocycles. The van der Waals surface area contributed by atoms with E-state index in [1.807, 2.05) is 32.0 Å². The van der Waals surface area contributed by atoms with E-state index in [1.165, 1.54) is 6.92 Å². The summed E-state index contributed by atoms with van der Waals surface area (Å²) >= 11 is 0. The van der Waals surface area contributed by atoms with E-state index in [0.717, 1.165) is 24.0 Å². The van der Waals surface area contributed by atoms with Gasteiger partial charge in [-0.05, 0) is 62.1 Å². The Morgan fingerprint density at radius 2 is 1.82 bits per heavy atom. The molecular weight excluding hydrogens is 480 g/mol. The summed E-state index contributed by atoms with van der Waals surface area (Å²) in [5, 5.41) is 8.35. The number of nitrogens with zero attached hydrogens (tertiary/aromatic N) is 5. The first-order chi connectivity index (χ1) is 18.0. The first kappa shape index (κ1) is 26.0. The highest BCUT2D eigenvalue weighted by Gasteiger charge is 2.64. The number of hydrogen-bond acceptors (Lipinski definition) is 6. The number of likely N-dealkylation sites (tertiary alicyclic amines) is 1. The van der Waals surface area contributed by atoms with E-state index in [0.29, 0.717) is 34.8 Å². The Bertz CT molecular complexity index is 1410. The van der Waals surface area contributed by atoms with Crippen LogP contribution in [0, 0.1) is 18.3 Å². The normalized spacial score (nSPS) is 23.0. The fourth-order valence-corrected chi connectivity index (χ4v) is 5.96. The van der Waals surface area contributed by atoms with Crippen molar-refractivity contribution in [1.82, 2.24) is 30.0 Å². The molecule has 1 saturated carbocycles. The van der Waals surface area contributed by atoms with Crippen LogP contribution in [0.1, 0.15) is 70.2 Å². The molecule has 2 amide bonds. The number of amides is 2. The van der Waals surface area contributed by atoms with E-state index in [-0.39, 0.29) is 41.6 Å². The molecule has 2 aliphatic rings. The van der Waals surface area contributed by atoms with Gasteiger partial charge in [-0.3, -0.25) is 19.1 Å². The number of piperidine rings is 1. The van der Waals surface area contributed by atoms with Crippen LogP contribution in [0.15, 0.2) is 30.6 Å². The van der Waals surface area contributed by atoms with Crippen molar-refractivity contribution in [2.45, 2.75) is 85.5 Å². The van der Waals surface area contributed by atoms with Gasteiger partial charge in [0.15, 0.2) is 5.78 Å². The molecule has 0 spiro atoms. The Balaban J connectivity index is 1.41. The third-order valence-electron chi connectivity index (χ3n) is 7.92. The molecule has 1 aromatic carbocycles. The van der Waals surface area contributed by atoms with Crippen molar-refractivity contribution in [2.24, 2.45) is 11.3 Å². The number of nitrogens with one attached hydrogen (secondary N) is 1. The molecule has 4 atom stereocenters. The smallest absolute Gasteiger partial charge is 0.245 e. The van der Waals surface area contributed by atoms with E-state index >= 15 is 0 Å². The molecule has 2 aromatic heterocycles. The van der Waals surface area contributed by atoms with Gasteiger partial charge < -0.3 is 10.2 Å². The van der Waals surface area contributed by atoms with E-state index in [9.17, 15) is 14.4 Å². The van der Waals surface area contributed by atoms with E-state index in [1.54, 1.807) is 22.0 Å². The number of carbonyl (C=O) groups excluding carboxylic acids is 3. The number of Topliss-reactive ketones (excluding diaryl/α,β-unsaturated/α-hetero) is 1. The van der Waals surface area contributed by atoms with Crippen molar-refractivity contribution in [3.8, 4) is 11.1 Å². The summed E-state index contributed by atoms with van der Waals surface area (Å²) in [5.74, 6) is 0.745. The highest BCUT2D eigenvalue weighted by Crippen LogP contribution is 2.59. The van der Waals surface area contributed by atoms with Crippen LogP contribution in [0.3, 0.4) is 0 Å². The summed E-state index contributed by atoms with van der Waals surface area (Å²) in [6.07, 6.45) is 5.96. The van der Waals surface area contributed by atoms with Crippen LogP contribution in [0.25, 0.3) is 22.0 Å². The molecule has 9 heteroatoms. The highest BCUT2D eigenvalue weighted by molar-refractivity contribution is 6.06. The van der Waals surface area contributed by atoms with Crippen LogP contribution in [-0.4, -0.2) is 60.4 Å². The molecule has 0 bridgehead atoms. The molecule has 0 radical (unpaired) electrons. The molecule has 1 saturated heterocycles. The first-order valence-corrected chi connectivity index (χ1v) is 13.4. The third-order valence-corrected chi connectivity index (χ3v) is 7.92. The number of rotatable bonds is 8. The Morgan fingerprint density at radius 3 is 2.47 bits per heavy atom. The second-order valence-corrected chi connectivity index (χ2v) is 11.7.